The standard InChI is InChI=1S/C23H23F3N8O/c1-34-18(8-19(27)33-34)23(35)31-13-4-2-3-12(7-13)30-22-17(26)10-29-21(32-22)15-9-28-20-14(15)5-11(24)6-16(20)25/h5-6,8-10,12-13,28H,2-4,7H2,1H3,(H2,27,33)(H,31,35)(H,29,30,32)/t12-,13+/m0/s1. The van der Waals surface area contributed by atoms with Crippen LogP contribution in [0.2, 0.25) is 0 Å². The number of H-pyrrole nitrogens is 1. The lowest BCUT2D eigenvalue weighted by molar-refractivity contribution is 0.0917. The molecule has 5 N–H and O–H groups in total. The summed E-state index contributed by atoms with van der Waals surface area (Å²) in [7, 11) is 1.64. The fraction of sp³-hybridized carbons (Fsp3) is 0.304. The molecular formula is C23H23F3N8O. The molecule has 2 atom stereocenters. The molecule has 1 aliphatic carbocycles. The number of aromatic amines is 1. The number of benzene rings is 1. The van der Waals surface area contributed by atoms with E-state index >= 15 is 0 Å². The average molecular weight is 484 g/mol. The summed E-state index contributed by atoms with van der Waals surface area (Å²) in [4.78, 5) is 23.7. The van der Waals surface area contributed by atoms with Crippen LogP contribution in [0.25, 0.3) is 22.3 Å². The maximum Gasteiger partial charge on any atom is 0.269 e. The molecule has 182 valence electrons. The van der Waals surface area contributed by atoms with Crippen LogP contribution in [0.4, 0.5) is 24.8 Å². The van der Waals surface area contributed by atoms with Crippen LogP contribution in [0.1, 0.15) is 36.2 Å². The van der Waals surface area contributed by atoms with Crippen molar-refractivity contribution >= 4 is 28.4 Å². The summed E-state index contributed by atoms with van der Waals surface area (Å²) >= 11 is 0. The van der Waals surface area contributed by atoms with E-state index in [1.54, 1.807) is 7.05 Å². The van der Waals surface area contributed by atoms with Gasteiger partial charge in [-0.3, -0.25) is 9.48 Å². The lowest BCUT2D eigenvalue weighted by Crippen LogP contribution is -2.42. The number of halogens is 3. The zero-order chi connectivity index (χ0) is 24.7. The Morgan fingerprint density at radius 2 is 1.97 bits per heavy atom. The number of nitrogens with two attached hydrogens (primary N) is 1. The Kier molecular flexibility index (Phi) is 5.79. The molecule has 0 spiro atoms. The summed E-state index contributed by atoms with van der Waals surface area (Å²) in [6.07, 6.45) is 5.39. The minimum atomic E-state index is -0.740. The van der Waals surface area contributed by atoms with Crippen molar-refractivity contribution in [3.8, 4) is 11.4 Å². The number of rotatable bonds is 5. The van der Waals surface area contributed by atoms with Gasteiger partial charge in [-0.05, 0) is 31.7 Å². The molecule has 35 heavy (non-hydrogen) atoms. The van der Waals surface area contributed by atoms with Crippen molar-refractivity contribution in [3.05, 3.63) is 53.7 Å². The summed E-state index contributed by atoms with van der Waals surface area (Å²) in [5, 5.41) is 10.3. The highest BCUT2D eigenvalue weighted by atomic mass is 19.1. The number of amides is 1. The molecule has 3 aromatic heterocycles. The zero-order valence-corrected chi connectivity index (χ0v) is 18.8. The van der Waals surface area contributed by atoms with Gasteiger partial charge in [-0.1, -0.05) is 0 Å². The number of aryl methyl sites for hydroxylation is 1. The van der Waals surface area contributed by atoms with Crippen LogP contribution in [0.5, 0.6) is 0 Å². The molecule has 1 saturated carbocycles. The quantitative estimate of drug-likeness (QED) is 0.343. The number of hydrogen-bond acceptors (Lipinski definition) is 6. The summed E-state index contributed by atoms with van der Waals surface area (Å²) in [5.74, 6) is -2.04. The van der Waals surface area contributed by atoms with Crippen LogP contribution < -0.4 is 16.4 Å². The highest BCUT2D eigenvalue weighted by Gasteiger charge is 2.26. The van der Waals surface area contributed by atoms with E-state index in [0.717, 1.165) is 31.5 Å². The van der Waals surface area contributed by atoms with Crippen LogP contribution in [0.3, 0.4) is 0 Å². The van der Waals surface area contributed by atoms with E-state index in [0.29, 0.717) is 17.7 Å². The molecule has 0 saturated heterocycles. The third kappa shape index (κ3) is 4.51. The molecule has 0 unspecified atom stereocenters. The largest absolute Gasteiger partial charge is 0.382 e. The molecule has 0 aliphatic heterocycles. The van der Waals surface area contributed by atoms with Crippen molar-refractivity contribution in [2.75, 3.05) is 11.1 Å². The van der Waals surface area contributed by atoms with E-state index in [-0.39, 0.29) is 46.4 Å². The van der Waals surface area contributed by atoms with Crippen molar-refractivity contribution in [2.24, 2.45) is 7.05 Å². The lowest BCUT2D eigenvalue weighted by atomic mass is 9.91. The molecule has 1 aliphatic rings. The second-order valence-electron chi connectivity index (χ2n) is 8.66. The van der Waals surface area contributed by atoms with E-state index < -0.39 is 17.5 Å². The number of carbonyl (C=O) groups excluding carboxylic acids is 1. The fourth-order valence-corrected chi connectivity index (χ4v) is 4.54. The number of nitrogen functional groups attached to an aromatic ring is 1. The summed E-state index contributed by atoms with van der Waals surface area (Å²) in [5.41, 5.74) is 6.48. The SMILES string of the molecule is Cn1nc(N)cc1C(=O)N[C@@H]1CCC[C@H](Nc2nc(-c3c[nH]c4c(F)cc(F)cc34)ncc2F)C1. The highest BCUT2D eigenvalue weighted by Crippen LogP contribution is 2.30. The topological polar surface area (TPSA) is 127 Å². The van der Waals surface area contributed by atoms with E-state index in [4.69, 9.17) is 5.73 Å². The molecule has 0 bridgehead atoms. The second-order valence-corrected chi connectivity index (χ2v) is 8.66. The fourth-order valence-electron chi connectivity index (χ4n) is 4.54. The van der Waals surface area contributed by atoms with Gasteiger partial charge < -0.3 is 21.4 Å². The van der Waals surface area contributed by atoms with Crippen molar-refractivity contribution in [3.63, 3.8) is 0 Å². The normalized spacial score (nSPS) is 18.1. The molecule has 12 heteroatoms. The number of aromatic nitrogens is 5. The molecule has 1 aromatic carbocycles. The Labute approximate surface area is 197 Å². The summed E-state index contributed by atoms with van der Waals surface area (Å²) < 4.78 is 43.8. The van der Waals surface area contributed by atoms with E-state index in [1.165, 1.54) is 23.0 Å². The molecule has 0 radical (unpaired) electrons. The first-order chi connectivity index (χ1) is 16.8. The number of nitrogens with zero attached hydrogens (tertiary/aromatic N) is 4. The highest BCUT2D eigenvalue weighted by molar-refractivity contribution is 5.94. The van der Waals surface area contributed by atoms with Crippen LogP contribution in [0, 0.1) is 17.5 Å². The number of hydrogen-bond donors (Lipinski definition) is 4. The van der Waals surface area contributed by atoms with Gasteiger partial charge in [-0.25, -0.2) is 23.1 Å². The van der Waals surface area contributed by atoms with E-state index in [2.05, 4.69) is 30.7 Å². The number of anilines is 2. The Bertz CT molecular complexity index is 1420. The van der Waals surface area contributed by atoms with Gasteiger partial charge in [0.05, 0.1) is 11.7 Å². The number of fused-ring (bicyclic) bond motifs is 1. The smallest absolute Gasteiger partial charge is 0.269 e. The maximum absolute atomic E-state index is 14.6. The van der Waals surface area contributed by atoms with Crippen LogP contribution in [-0.4, -0.2) is 42.7 Å². The average Bonchev–Trinajstić information content (AvgIpc) is 3.38. The first-order valence-corrected chi connectivity index (χ1v) is 11.1. The molecule has 4 aromatic rings. The predicted molar refractivity (Wildman–Crippen MR) is 124 cm³/mol. The Morgan fingerprint density at radius 3 is 2.74 bits per heavy atom. The van der Waals surface area contributed by atoms with Gasteiger partial charge in [0.25, 0.3) is 5.91 Å². The first kappa shape index (κ1) is 22.7. The molecule has 1 amide bonds. The van der Waals surface area contributed by atoms with Crippen LogP contribution in [-0.2, 0) is 7.05 Å². The maximum atomic E-state index is 14.6. The van der Waals surface area contributed by atoms with Gasteiger partial charge in [0.1, 0.15) is 23.1 Å². The van der Waals surface area contributed by atoms with Crippen molar-refractivity contribution in [2.45, 2.75) is 37.8 Å². The molecule has 9 nitrogen and oxygen atoms in total. The minimum Gasteiger partial charge on any atom is -0.382 e. The Hall–Kier alpha value is -4.09. The van der Waals surface area contributed by atoms with Gasteiger partial charge >= 0.3 is 0 Å². The van der Waals surface area contributed by atoms with Crippen LogP contribution in [0.15, 0.2) is 30.6 Å². The van der Waals surface area contributed by atoms with Gasteiger partial charge in [0, 0.05) is 48.4 Å². The molecule has 1 fully saturated rings. The first-order valence-electron chi connectivity index (χ1n) is 11.1. The van der Waals surface area contributed by atoms with E-state index in [9.17, 15) is 18.0 Å². The Morgan fingerprint density at radius 1 is 1.17 bits per heavy atom. The lowest BCUT2D eigenvalue weighted by Gasteiger charge is -2.30. The predicted octanol–water partition coefficient (Wildman–Crippen LogP) is 3.51. The molecular weight excluding hydrogens is 461 g/mol. The Balaban J connectivity index is 1.33. The number of nitrogens with one attached hydrogen (secondary N) is 3. The van der Waals surface area contributed by atoms with Crippen molar-refractivity contribution in [1.29, 1.82) is 0 Å². The van der Waals surface area contributed by atoms with E-state index in [1.807, 2.05) is 0 Å². The van der Waals surface area contributed by atoms with Crippen LogP contribution >= 0.6 is 0 Å². The van der Waals surface area contributed by atoms with Crippen molar-refractivity contribution in [1.82, 2.24) is 30.0 Å². The summed E-state index contributed by atoms with van der Waals surface area (Å²) in [6.45, 7) is 0. The number of carbonyl (C=O) groups is 1. The van der Waals surface area contributed by atoms with Crippen molar-refractivity contribution < 1.29 is 18.0 Å². The van der Waals surface area contributed by atoms with Gasteiger partial charge in [0.2, 0.25) is 0 Å². The molecule has 3 heterocycles. The van der Waals surface area contributed by atoms with Gasteiger partial charge in [-0.15, -0.1) is 0 Å². The third-order valence-electron chi connectivity index (χ3n) is 6.17. The van der Waals surface area contributed by atoms with Gasteiger partial charge in [-0.2, -0.15) is 5.10 Å². The molecule has 5 rings (SSSR count). The van der Waals surface area contributed by atoms with Gasteiger partial charge in [0.15, 0.2) is 17.5 Å². The summed E-state index contributed by atoms with van der Waals surface area (Å²) in [6, 6.07) is 3.18. The third-order valence-corrected chi connectivity index (χ3v) is 6.17. The minimum absolute atomic E-state index is 0.0161. The second kappa shape index (κ2) is 8.93. The zero-order valence-electron chi connectivity index (χ0n) is 18.8. The monoisotopic (exact) mass is 484 g/mol.